The second-order valence-electron chi connectivity index (χ2n) is 5.28. The zero-order valence-electron chi connectivity index (χ0n) is 12.2. The van der Waals surface area contributed by atoms with Crippen LogP contribution < -0.4 is 5.32 Å². The first-order chi connectivity index (χ1) is 9.15. The second kappa shape index (κ2) is 6.22. The minimum absolute atomic E-state index is 0.233. The standard InChI is InChI=1S/C16H23NO2/c1-11(10-18-4)8-14(17-3)15-9-13-7-5-6-12(2)16(13)19-15/h5-7,9,11,14,17H,8,10H2,1-4H3. The van der Waals surface area contributed by atoms with Gasteiger partial charge in [-0.1, -0.05) is 25.1 Å². The molecule has 3 heteroatoms. The quantitative estimate of drug-likeness (QED) is 0.861. The lowest BCUT2D eigenvalue weighted by atomic mass is 10.0. The molecular weight excluding hydrogens is 238 g/mol. The summed E-state index contributed by atoms with van der Waals surface area (Å²) in [6, 6.07) is 8.62. The Balaban J connectivity index is 2.23. The van der Waals surface area contributed by atoms with Gasteiger partial charge in [0, 0.05) is 19.1 Å². The molecule has 1 aromatic carbocycles. The highest BCUT2D eigenvalue weighted by Gasteiger charge is 2.18. The van der Waals surface area contributed by atoms with Crippen LogP contribution in [-0.4, -0.2) is 20.8 Å². The van der Waals surface area contributed by atoms with E-state index in [9.17, 15) is 0 Å². The molecule has 0 saturated heterocycles. The lowest BCUT2D eigenvalue weighted by Crippen LogP contribution is -2.20. The Hall–Kier alpha value is -1.32. The van der Waals surface area contributed by atoms with Crippen LogP contribution in [0, 0.1) is 12.8 Å². The molecule has 19 heavy (non-hydrogen) atoms. The van der Waals surface area contributed by atoms with Gasteiger partial charge in [-0.25, -0.2) is 0 Å². The van der Waals surface area contributed by atoms with Crippen molar-refractivity contribution in [3.05, 3.63) is 35.6 Å². The summed E-state index contributed by atoms with van der Waals surface area (Å²) < 4.78 is 11.2. The number of methoxy groups -OCH3 is 1. The zero-order chi connectivity index (χ0) is 13.8. The average molecular weight is 261 g/mol. The third-order valence-corrected chi connectivity index (χ3v) is 3.54. The van der Waals surface area contributed by atoms with E-state index < -0.39 is 0 Å². The van der Waals surface area contributed by atoms with Crippen molar-refractivity contribution < 1.29 is 9.15 Å². The maximum atomic E-state index is 6.03. The molecule has 2 rings (SSSR count). The van der Waals surface area contributed by atoms with Crippen molar-refractivity contribution in [2.45, 2.75) is 26.3 Å². The third-order valence-electron chi connectivity index (χ3n) is 3.54. The lowest BCUT2D eigenvalue weighted by molar-refractivity contribution is 0.148. The molecule has 0 aliphatic rings. The first-order valence-electron chi connectivity index (χ1n) is 6.81. The molecule has 0 bridgehead atoms. The fourth-order valence-electron chi connectivity index (χ4n) is 2.53. The van der Waals surface area contributed by atoms with Gasteiger partial charge in [0.25, 0.3) is 0 Å². The fourth-order valence-corrected chi connectivity index (χ4v) is 2.53. The van der Waals surface area contributed by atoms with Gasteiger partial charge in [0.15, 0.2) is 0 Å². The van der Waals surface area contributed by atoms with Gasteiger partial charge >= 0.3 is 0 Å². The van der Waals surface area contributed by atoms with Crippen molar-refractivity contribution in [1.29, 1.82) is 0 Å². The molecule has 0 saturated carbocycles. The summed E-state index contributed by atoms with van der Waals surface area (Å²) in [6.07, 6.45) is 1.00. The number of hydrogen-bond acceptors (Lipinski definition) is 3. The maximum Gasteiger partial charge on any atom is 0.137 e. The molecule has 1 N–H and O–H groups in total. The van der Waals surface area contributed by atoms with Gasteiger partial charge in [0.2, 0.25) is 0 Å². The van der Waals surface area contributed by atoms with Gasteiger partial charge in [-0.15, -0.1) is 0 Å². The Kier molecular flexibility index (Phi) is 4.61. The lowest BCUT2D eigenvalue weighted by Gasteiger charge is -2.18. The molecule has 0 fully saturated rings. The Morgan fingerprint density at radius 2 is 2.16 bits per heavy atom. The van der Waals surface area contributed by atoms with Crippen molar-refractivity contribution >= 4 is 11.0 Å². The Morgan fingerprint density at radius 3 is 2.79 bits per heavy atom. The summed E-state index contributed by atoms with van der Waals surface area (Å²) in [6.45, 7) is 5.05. The summed E-state index contributed by atoms with van der Waals surface area (Å²) >= 11 is 0. The molecule has 1 aromatic heterocycles. The fraction of sp³-hybridized carbons (Fsp3) is 0.500. The van der Waals surface area contributed by atoms with E-state index in [-0.39, 0.29) is 6.04 Å². The van der Waals surface area contributed by atoms with Crippen LogP contribution in [0.5, 0.6) is 0 Å². The molecule has 1 heterocycles. The highest BCUT2D eigenvalue weighted by atomic mass is 16.5. The number of para-hydroxylation sites is 1. The molecule has 0 radical (unpaired) electrons. The Bertz CT molecular complexity index is 533. The molecule has 0 spiro atoms. The molecular formula is C16H23NO2. The zero-order valence-corrected chi connectivity index (χ0v) is 12.2. The maximum absolute atomic E-state index is 6.03. The highest BCUT2D eigenvalue weighted by molar-refractivity contribution is 5.80. The first-order valence-corrected chi connectivity index (χ1v) is 6.81. The van der Waals surface area contributed by atoms with E-state index in [2.05, 4.69) is 43.4 Å². The van der Waals surface area contributed by atoms with Crippen LogP contribution in [0.3, 0.4) is 0 Å². The minimum atomic E-state index is 0.233. The predicted molar refractivity (Wildman–Crippen MR) is 78.4 cm³/mol. The molecule has 2 aromatic rings. The normalized spacial score (nSPS) is 14.7. The summed E-state index contributed by atoms with van der Waals surface area (Å²) in [5, 5.41) is 4.51. The molecule has 2 atom stereocenters. The summed E-state index contributed by atoms with van der Waals surface area (Å²) in [4.78, 5) is 0. The van der Waals surface area contributed by atoms with Crippen LogP contribution in [0.15, 0.2) is 28.7 Å². The van der Waals surface area contributed by atoms with Gasteiger partial charge in [0.1, 0.15) is 11.3 Å². The van der Waals surface area contributed by atoms with Gasteiger partial charge < -0.3 is 14.5 Å². The molecule has 104 valence electrons. The largest absolute Gasteiger partial charge is 0.459 e. The summed E-state index contributed by atoms with van der Waals surface area (Å²) in [7, 11) is 3.72. The van der Waals surface area contributed by atoms with Crippen LogP contribution in [-0.2, 0) is 4.74 Å². The van der Waals surface area contributed by atoms with E-state index in [1.807, 2.05) is 7.05 Å². The molecule has 0 aliphatic heterocycles. The average Bonchev–Trinajstić information content (AvgIpc) is 2.81. The van der Waals surface area contributed by atoms with Crippen LogP contribution in [0.4, 0.5) is 0 Å². The monoisotopic (exact) mass is 261 g/mol. The SMILES string of the molecule is CNC(CC(C)COC)c1cc2cccc(C)c2o1. The molecule has 3 nitrogen and oxygen atoms in total. The van der Waals surface area contributed by atoms with Gasteiger partial charge in [-0.2, -0.15) is 0 Å². The number of aryl methyl sites for hydroxylation is 1. The second-order valence-corrected chi connectivity index (χ2v) is 5.28. The van der Waals surface area contributed by atoms with Crippen molar-refractivity contribution in [3.63, 3.8) is 0 Å². The van der Waals surface area contributed by atoms with E-state index >= 15 is 0 Å². The highest BCUT2D eigenvalue weighted by Crippen LogP contribution is 2.29. The Morgan fingerprint density at radius 1 is 1.37 bits per heavy atom. The van der Waals surface area contributed by atoms with E-state index in [0.717, 1.165) is 24.4 Å². The van der Waals surface area contributed by atoms with Crippen LogP contribution in [0.1, 0.15) is 30.7 Å². The number of furan rings is 1. The van der Waals surface area contributed by atoms with Gasteiger partial charge in [-0.3, -0.25) is 0 Å². The first kappa shape index (κ1) is 14.1. The van der Waals surface area contributed by atoms with Crippen molar-refractivity contribution in [1.82, 2.24) is 5.32 Å². The topological polar surface area (TPSA) is 34.4 Å². The smallest absolute Gasteiger partial charge is 0.137 e. The molecule has 0 aliphatic carbocycles. The number of fused-ring (bicyclic) bond motifs is 1. The summed E-state index contributed by atoms with van der Waals surface area (Å²) in [5.74, 6) is 1.51. The molecule has 2 unspecified atom stereocenters. The number of hydrogen-bond donors (Lipinski definition) is 1. The van der Waals surface area contributed by atoms with Crippen LogP contribution in [0.25, 0.3) is 11.0 Å². The van der Waals surface area contributed by atoms with Crippen LogP contribution >= 0.6 is 0 Å². The van der Waals surface area contributed by atoms with E-state index in [1.165, 1.54) is 10.9 Å². The van der Waals surface area contributed by atoms with Crippen LogP contribution in [0.2, 0.25) is 0 Å². The van der Waals surface area contributed by atoms with Gasteiger partial charge in [0.05, 0.1) is 6.04 Å². The number of rotatable bonds is 6. The minimum Gasteiger partial charge on any atom is -0.459 e. The predicted octanol–water partition coefficient (Wildman–Crippen LogP) is 3.67. The molecule has 0 amide bonds. The van der Waals surface area contributed by atoms with Crippen molar-refractivity contribution in [2.75, 3.05) is 20.8 Å². The van der Waals surface area contributed by atoms with E-state index in [4.69, 9.17) is 9.15 Å². The third kappa shape index (κ3) is 3.17. The van der Waals surface area contributed by atoms with Crippen molar-refractivity contribution in [2.24, 2.45) is 5.92 Å². The Labute approximate surface area is 114 Å². The number of ether oxygens (including phenoxy) is 1. The van der Waals surface area contributed by atoms with E-state index in [0.29, 0.717) is 5.92 Å². The number of benzene rings is 1. The van der Waals surface area contributed by atoms with Crippen molar-refractivity contribution in [3.8, 4) is 0 Å². The number of nitrogens with one attached hydrogen (secondary N) is 1. The van der Waals surface area contributed by atoms with E-state index in [1.54, 1.807) is 7.11 Å². The van der Waals surface area contributed by atoms with Gasteiger partial charge in [-0.05, 0) is 37.9 Å². The summed E-state index contributed by atoms with van der Waals surface area (Å²) in [5.41, 5.74) is 2.18.